The van der Waals surface area contributed by atoms with E-state index in [1.54, 1.807) is 20.8 Å². The van der Waals surface area contributed by atoms with E-state index < -0.39 is 11.6 Å². The van der Waals surface area contributed by atoms with E-state index in [0.29, 0.717) is 12.4 Å². The van der Waals surface area contributed by atoms with Gasteiger partial charge in [-0.3, -0.25) is 4.79 Å². The molecule has 0 radical (unpaired) electrons. The number of rotatable bonds is 6. The Kier molecular flexibility index (Phi) is 4.70. The van der Waals surface area contributed by atoms with E-state index in [0.717, 1.165) is 23.3 Å². The minimum atomic E-state index is -1.06. The van der Waals surface area contributed by atoms with Crippen molar-refractivity contribution >= 4 is 24.2 Å². The van der Waals surface area contributed by atoms with Gasteiger partial charge in [0.05, 0.1) is 6.61 Å². The minimum Gasteiger partial charge on any atom is -0.476 e. The van der Waals surface area contributed by atoms with Gasteiger partial charge in [0.15, 0.2) is 5.60 Å². The fourth-order valence-electron chi connectivity index (χ4n) is 2.64. The van der Waals surface area contributed by atoms with Crippen molar-refractivity contribution < 1.29 is 19.1 Å². The Bertz CT molecular complexity index is 796. The van der Waals surface area contributed by atoms with E-state index in [4.69, 9.17) is 9.47 Å². The van der Waals surface area contributed by atoms with E-state index in [1.165, 1.54) is 0 Å². The second-order valence-corrected chi connectivity index (χ2v) is 6.86. The summed E-state index contributed by atoms with van der Waals surface area (Å²) in [4.78, 5) is 23.8. The zero-order chi connectivity index (χ0) is 18.0. The summed E-state index contributed by atoms with van der Waals surface area (Å²) in [7, 11) is 0. The van der Waals surface area contributed by atoms with Crippen molar-refractivity contribution in [1.82, 2.24) is 10.6 Å². The number of hydrogen-bond acceptors (Lipinski definition) is 5. The normalized spacial score (nSPS) is 18.8. The molecule has 1 atom stereocenters. The molecule has 25 heavy (non-hydrogen) atoms. The van der Waals surface area contributed by atoms with Crippen LogP contribution in [0.3, 0.4) is 0 Å². The molecule has 0 spiro atoms. The maximum atomic E-state index is 11.9. The molecule has 1 aromatic carbocycles. The largest absolute Gasteiger partial charge is 0.476 e. The van der Waals surface area contributed by atoms with Crippen LogP contribution in [0.5, 0.6) is 5.75 Å². The zero-order valence-corrected chi connectivity index (χ0v) is 14.8. The first-order valence-corrected chi connectivity index (χ1v) is 8.64. The highest BCUT2D eigenvalue weighted by atomic mass is 16.6. The summed E-state index contributed by atoms with van der Waals surface area (Å²) >= 11 is 0. The van der Waals surface area contributed by atoms with E-state index in [1.807, 2.05) is 30.5 Å². The summed E-state index contributed by atoms with van der Waals surface area (Å²) in [5.74, 6) is 0.465. The van der Waals surface area contributed by atoms with Crippen molar-refractivity contribution in [3.05, 3.63) is 28.6 Å². The minimum absolute atomic E-state index is 0.0988. The van der Waals surface area contributed by atoms with Gasteiger partial charge in [-0.2, -0.15) is 0 Å². The van der Waals surface area contributed by atoms with Gasteiger partial charge in [0.1, 0.15) is 11.9 Å². The van der Waals surface area contributed by atoms with Crippen molar-refractivity contribution in [1.29, 1.82) is 0 Å². The predicted molar refractivity (Wildman–Crippen MR) is 93.8 cm³/mol. The van der Waals surface area contributed by atoms with Gasteiger partial charge in [-0.15, -0.1) is 0 Å². The highest BCUT2D eigenvalue weighted by molar-refractivity contribution is 5.82. The highest BCUT2D eigenvalue weighted by Gasteiger charge is 2.32. The van der Waals surface area contributed by atoms with Crippen molar-refractivity contribution in [2.75, 3.05) is 6.61 Å². The topological polar surface area (TPSA) is 76.7 Å². The highest BCUT2D eigenvalue weighted by Crippen LogP contribution is 2.28. The summed E-state index contributed by atoms with van der Waals surface area (Å²) in [5.41, 5.74) is -1.06. The first-order chi connectivity index (χ1) is 11.9. The van der Waals surface area contributed by atoms with Gasteiger partial charge in [-0.1, -0.05) is 6.07 Å². The van der Waals surface area contributed by atoms with Crippen LogP contribution >= 0.6 is 0 Å². The number of carbonyl (C=O) groups is 2. The Morgan fingerprint density at radius 1 is 1.28 bits per heavy atom. The zero-order valence-electron chi connectivity index (χ0n) is 14.8. The molecule has 1 amide bonds. The second-order valence-electron chi connectivity index (χ2n) is 6.86. The molecule has 134 valence electrons. The van der Waals surface area contributed by atoms with Gasteiger partial charge in [0, 0.05) is 17.3 Å². The lowest BCUT2D eigenvalue weighted by Crippen LogP contribution is -2.48. The number of hydrogen-bond donors (Lipinski definition) is 2. The smallest absolute Gasteiger partial charge is 0.349 e. The van der Waals surface area contributed by atoms with Crippen LogP contribution in [0.25, 0.3) is 12.3 Å². The molecule has 1 saturated carbocycles. The van der Waals surface area contributed by atoms with E-state index in [2.05, 4.69) is 10.6 Å². The lowest BCUT2D eigenvalue weighted by Gasteiger charge is -2.24. The maximum absolute atomic E-state index is 11.9. The first kappa shape index (κ1) is 17.3. The standard InChI is InChI=1S/C19H24N2O4/c1-4-24-18(23)19(2,3)25-15-8-7-13-10-16(20-11-14(13)9-15)21-17(22)12-5-6-12/h7-12,16,20H,4-6H2,1-3H3,(H,21,22). The SMILES string of the molecule is CCOC(=O)C(C)(C)Oc1ccc2c(c1)=CNC(NC(=O)C1CC1)C=2. The average Bonchev–Trinajstić information content (AvgIpc) is 3.40. The second kappa shape index (κ2) is 6.78. The Morgan fingerprint density at radius 2 is 2.04 bits per heavy atom. The van der Waals surface area contributed by atoms with Gasteiger partial charge in [-0.05, 0) is 57.0 Å². The van der Waals surface area contributed by atoms with Gasteiger partial charge in [-0.25, -0.2) is 4.79 Å². The summed E-state index contributed by atoms with van der Waals surface area (Å²) < 4.78 is 10.8. The molecule has 1 aromatic rings. The van der Waals surface area contributed by atoms with Crippen molar-refractivity contribution in [2.45, 2.75) is 45.4 Å². The summed E-state index contributed by atoms with van der Waals surface area (Å²) in [5, 5.41) is 8.08. The lowest BCUT2D eigenvalue weighted by molar-refractivity contribution is -0.158. The molecule has 3 rings (SSSR count). The first-order valence-electron chi connectivity index (χ1n) is 8.64. The number of carbonyl (C=O) groups excluding carboxylic acids is 2. The Hall–Kier alpha value is -2.50. The lowest BCUT2D eigenvalue weighted by atomic mass is 10.1. The van der Waals surface area contributed by atoms with Gasteiger partial charge < -0.3 is 20.1 Å². The van der Waals surface area contributed by atoms with E-state index >= 15 is 0 Å². The van der Waals surface area contributed by atoms with Crippen molar-refractivity contribution in [3.63, 3.8) is 0 Å². The summed E-state index contributed by atoms with van der Waals surface area (Å²) in [6.45, 7) is 5.45. The molecule has 1 aliphatic carbocycles. The third-order valence-corrected chi connectivity index (χ3v) is 4.21. The average molecular weight is 344 g/mol. The predicted octanol–water partition coefficient (Wildman–Crippen LogP) is 0.381. The molecule has 6 heteroatoms. The van der Waals surface area contributed by atoms with Crippen molar-refractivity contribution in [3.8, 4) is 5.75 Å². The van der Waals surface area contributed by atoms with Crippen molar-refractivity contribution in [2.24, 2.45) is 5.92 Å². The third kappa shape index (κ3) is 4.13. The number of nitrogens with one attached hydrogen (secondary N) is 2. The molecular formula is C19H24N2O4. The fourth-order valence-corrected chi connectivity index (χ4v) is 2.64. The molecule has 0 aromatic heterocycles. The van der Waals surface area contributed by atoms with Crippen LogP contribution in [0.15, 0.2) is 18.2 Å². The van der Waals surface area contributed by atoms with Crippen LogP contribution in [0.2, 0.25) is 0 Å². The van der Waals surface area contributed by atoms with E-state index in [-0.39, 0.29) is 18.0 Å². The summed E-state index contributed by atoms with van der Waals surface area (Å²) in [6, 6.07) is 5.59. The van der Waals surface area contributed by atoms with Gasteiger partial charge in [0.2, 0.25) is 5.91 Å². The quantitative estimate of drug-likeness (QED) is 0.730. The molecule has 1 aliphatic heterocycles. The van der Waals surface area contributed by atoms with Crippen LogP contribution in [0.4, 0.5) is 0 Å². The van der Waals surface area contributed by atoms with Crippen LogP contribution in [0.1, 0.15) is 33.6 Å². The Balaban J connectivity index is 1.73. The molecule has 1 fully saturated rings. The number of ether oxygens (including phenoxy) is 2. The molecule has 6 nitrogen and oxygen atoms in total. The van der Waals surface area contributed by atoms with Crippen LogP contribution in [-0.4, -0.2) is 30.3 Å². The molecule has 1 unspecified atom stereocenters. The monoisotopic (exact) mass is 344 g/mol. The molecule has 2 N–H and O–H groups in total. The molecule has 1 heterocycles. The van der Waals surface area contributed by atoms with Crippen LogP contribution < -0.4 is 25.8 Å². The fraction of sp³-hybridized carbons (Fsp3) is 0.474. The number of amides is 1. The molecule has 0 saturated heterocycles. The molecule has 0 bridgehead atoms. The Morgan fingerprint density at radius 3 is 2.72 bits per heavy atom. The summed E-state index contributed by atoms with van der Waals surface area (Å²) in [6.07, 6.45) is 5.57. The third-order valence-electron chi connectivity index (χ3n) is 4.21. The van der Waals surface area contributed by atoms with Crippen LogP contribution in [-0.2, 0) is 14.3 Å². The van der Waals surface area contributed by atoms with E-state index in [9.17, 15) is 9.59 Å². The molecule has 2 aliphatic rings. The number of fused-ring (bicyclic) bond motifs is 1. The maximum Gasteiger partial charge on any atom is 0.349 e. The number of esters is 1. The Labute approximate surface area is 146 Å². The molecular weight excluding hydrogens is 320 g/mol. The van der Waals surface area contributed by atoms with Crippen LogP contribution in [0, 0.1) is 5.92 Å². The van der Waals surface area contributed by atoms with Gasteiger partial charge >= 0.3 is 5.97 Å². The van der Waals surface area contributed by atoms with Gasteiger partial charge in [0.25, 0.3) is 0 Å². The number of benzene rings is 1.